The molecule has 0 aliphatic carbocycles. The van der Waals surface area contributed by atoms with Gasteiger partial charge >= 0.3 is 6.03 Å². The molecule has 7 heteroatoms. The molecule has 2 rings (SSSR count). The lowest BCUT2D eigenvalue weighted by atomic mass is 10.0. The average Bonchev–Trinajstić information content (AvgIpc) is 2.93. The molecular formula is C14H21N5O2. The Morgan fingerprint density at radius 2 is 2.19 bits per heavy atom. The van der Waals surface area contributed by atoms with E-state index in [9.17, 15) is 4.79 Å². The van der Waals surface area contributed by atoms with Crippen LogP contribution in [0.1, 0.15) is 26.0 Å². The van der Waals surface area contributed by atoms with Crippen LogP contribution < -0.4 is 10.6 Å². The number of urea groups is 1. The molecular weight excluding hydrogens is 270 g/mol. The van der Waals surface area contributed by atoms with Crippen molar-refractivity contribution in [2.75, 3.05) is 6.61 Å². The Morgan fingerprint density at radius 3 is 2.90 bits per heavy atom. The molecule has 0 fully saturated rings. The quantitative estimate of drug-likeness (QED) is 0.738. The van der Waals surface area contributed by atoms with Crippen LogP contribution >= 0.6 is 0 Å². The average molecular weight is 291 g/mol. The number of aromatic nitrogens is 3. The molecule has 3 N–H and O–H groups in total. The third-order valence-electron chi connectivity index (χ3n) is 3.36. The molecule has 2 aromatic rings. The monoisotopic (exact) mass is 291 g/mol. The van der Waals surface area contributed by atoms with Crippen LogP contribution in [0, 0.1) is 5.92 Å². The topological polar surface area (TPSA) is 91.5 Å². The largest absolute Gasteiger partial charge is 0.396 e. The van der Waals surface area contributed by atoms with Gasteiger partial charge in [-0.05, 0) is 18.4 Å². The molecule has 0 aromatic carbocycles. The summed E-state index contributed by atoms with van der Waals surface area (Å²) in [5, 5.41) is 18.9. The number of fused-ring (bicyclic) bond motifs is 1. The van der Waals surface area contributed by atoms with E-state index in [0.717, 1.165) is 11.3 Å². The zero-order valence-corrected chi connectivity index (χ0v) is 12.3. The van der Waals surface area contributed by atoms with E-state index in [1.54, 1.807) is 23.0 Å². The van der Waals surface area contributed by atoms with Gasteiger partial charge in [0.05, 0.1) is 18.4 Å². The molecule has 1 atom stereocenters. The van der Waals surface area contributed by atoms with Crippen LogP contribution in [-0.2, 0) is 6.54 Å². The smallest absolute Gasteiger partial charge is 0.315 e. The number of carbonyl (C=O) groups is 1. The van der Waals surface area contributed by atoms with E-state index >= 15 is 0 Å². The Kier molecular flexibility index (Phi) is 5.10. The Balaban J connectivity index is 1.93. The predicted octanol–water partition coefficient (Wildman–Crippen LogP) is 0.935. The maximum Gasteiger partial charge on any atom is 0.315 e. The second-order valence-electron chi connectivity index (χ2n) is 5.23. The van der Waals surface area contributed by atoms with Gasteiger partial charge in [-0.15, -0.1) is 0 Å². The van der Waals surface area contributed by atoms with E-state index in [0.29, 0.717) is 13.0 Å². The molecule has 2 amide bonds. The fourth-order valence-corrected chi connectivity index (χ4v) is 2.12. The van der Waals surface area contributed by atoms with Crippen LogP contribution in [-0.4, -0.2) is 38.4 Å². The standard InChI is InChI=1S/C14H21N5O2/c1-10(2)12(5-8-20)18-14(21)16-9-11-3-6-15-13-4-7-17-19(11)13/h3-4,6-7,10,12,20H,5,8-9H2,1-2H3,(H2,16,18,21). The summed E-state index contributed by atoms with van der Waals surface area (Å²) in [5.41, 5.74) is 1.60. The molecule has 0 radical (unpaired) electrons. The fraction of sp³-hybridized carbons (Fsp3) is 0.500. The van der Waals surface area contributed by atoms with Crippen LogP contribution in [0.4, 0.5) is 4.79 Å². The molecule has 0 saturated carbocycles. The maximum absolute atomic E-state index is 11.9. The van der Waals surface area contributed by atoms with Crippen LogP contribution in [0.25, 0.3) is 5.65 Å². The zero-order chi connectivity index (χ0) is 15.2. The third-order valence-corrected chi connectivity index (χ3v) is 3.36. The van der Waals surface area contributed by atoms with Crippen molar-refractivity contribution >= 4 is 11.7 Å². The Hall–Kier alpha value is -2.15. The highest BCUT2D eigenvalue weighted by Gasteiger charge is 2.15. The molecule has 7 nitrogen and oxygen atoms in total. The minimum atomic E-state index is -0.251. The van der Waals surface area contributed by atoms with Gasteiger partial charge in [0.15, 0.2) is 5.65 Å². The molecule has 0 aliphatic rings. The van der Waals surface area contributed by atoms with Crippen molar-refractivity contribution in [2.24, 2.45) is 5.92 Å². The van der Waals surface area contributed by atoms with Crippen molar-refractivity contribution in [1.29, 1.82) is 0 Å². The number of carbonyl (C=O) groups excluding carboxylic acids is 1. The summed E-state index contributed by atoms with van der Waals surface area (Å²) in [7, 11) is 0. The highest BCUT2D eigenvalue weighted by Crippen LogP contribution is 2.06. The van der Waals surface area contributed by atoms with Gasteiger partial charge < -0.3 is 15.7 Å². The predicted molar refractivity (Wildman–Crippen MR) is 78.7 cm³/mol. The lowest BCUT2D eigenvalue weighted by Crippen LogP contribution is -2.44. The van der Waals surface area contributed by atoms with Crippen LogP contribution in [0.5, 0.6) is 0 Å². The van der Waals surface area contributed by atoms with Crippen molar-refractivity contribution in [3.8, 4) is 0 Å². The van der Waals surface area contributed by atoms with Crippen LogP contribution in [0.15, 0.2) is 24.5 Å². The fourth-order valence-electron chi connectivity index (χ4n) is 2.12. The van der Waals surface area contributed by atoms with Crippen LogP contribution in [0.3, 0.4) is 0 Å². The summed E-state index contributed by atoms with van der Waals surface area (Å²) < 4.78 is 1.69. The first-order valence-electron chi connectivity index (χ1n) is 7.04. The van der Waals surface area contributed by atoms with E-state index in [-0.39, 0.29) is 24.6 Å². The van der Waals surface area contributed by atoms with Gasteiger partial charge in [-0.3, -0.25) is 0 Å². The Morgan fingerprint density at radius 1 is 1.38 bits per heavy atom. The number of aliphatic hydroxyl groups excluding tert-OH is 1. The van der Waals surface area contributed by atoms with E-state index in [2.05, 4.69) is 20.7 Å². The first-order valence-corrected chi connectivity index (χ1v) is 7.04. The van der Waals surface area contributed by atoms with Crippen molar-refractivity contribution < 1.29 is 9.90 Å². The molecule has 0 aliphatic heterocycles. The normalized spacial score (nSPS) is 12.6. The molecule has 114 valence electrons. The van der Waals surface area contributed by atoms with E-state index in [1.807, 2.05) is 19.9 Å². The summed E-state index contributed by atoms with van der Waals surface area (Å²) in [4.78, 5) is 16.1. The number of hydrogen-bond acceptors (Lipinski definition) is 4. The molecule has 0 spiro atoms. The van der Waals surface area contributed by atoms with Gasteiger partial charge in [0.1, 0.15) is 0 Å². The minimum Gasteiger partial charge on any atom is -0.396 e. The van der Waals surface area contributed by atoms with E-state index in [1.165, 1.54) is 0 Å². The third kappa shape index (κ3) is 3.91. The summed E-state index contributed by atoms with van der Waals surface area (Å²) in [6.07, 6.45) is 3.90. The van der Waals surface area contributed by atoms with Crippen molar-refractivity contribution in [1.82, 2.24) is 25.2 Å². The highest BCUT2D eigenvalue weighted by atomic mass is 16.3. The Bertz CT molecular complexity index is 596. The minimum absolute atomic E-state index is 0.0443. The first-order chi connectivity index (χ1) is 10.1. The summed E-state index contributed by atoms with van der Waals surface area (Å²) in [5.74, 6) is 0.265. The molecule has 21 heavy (non-hydrogen) atoms. The number of hydrogen-bond donors (Lipinski definition) is 3. The number of rotatable bonds is 6. The SMILES string of the molecule is CC(C)C(CCO)NC(=O)NCc1ccnc2ccnn12. The first kappa shape index (κ1) is 15.2. The lowest BCUT2D eigenvalue weighted by Gasteiger charge is -2.21. The molecule has 0 bridgehead atoms. The summed E-state index contributed by atoms with van der Waals surface area (Å²) >= 11 is 0. The van der Waals surface area contributed by atoms with Gasteiger partial charge in [0, 0.05) is 24.9 Å². The number of aliphatic hydroxyl groups is 1. The molecule has 2 heterocycles. The van der Waals surface area contributed by atoms with Crippen molar-refractivity contribution in [3.05, 3.63) is 30.2 Å². The van der Waals surface area contributed by atoms with Gasteiger partial charge in [-0.2, -0.15) is 5.10 Å². The zero-order valence-electron chi connectivity index (χ0n) is 12.3. The summed E-state index contributed by atoms with van der Waals surface area (Å²) in [6.45, 7) is 4.44. The molecule has 2 aromatic heterocycles. The maximum atomic E-state index is 11.9. The van der Waals surface area contributed by atoms with Gasteiger partial charge in [-0.1, -0.05) is 13.8 Å². The van der Waals surface area contributed by atoms with Gasteiger partial charge in [0.25, 0.3) is 0 Å². The molecule has 1 unspecified atom stereocenters. The second kappa shape index (κ2) is 7.03. The Labute approximate surface area is 123 Å². The molecule has 0 saturated heterocycles. The number of amides is 2. The van der Waals surface area contributed by atoms with Crippen molar-refractivity contribution in [2.45, 2.75) is 32.9 Å². The summed E-state index contributed by atoms with van der Waals surface area (Å²) in [6, 6.07) is 3.32. The van der Waals surface area contributed by atoms with Crippen molar-refractivity contribution in [3.63, 3.8) is 0 Å². The van der Waals surface area contributed by atoms with Gasteiger partial charge in [-0.25, -0.2) is 14.3 Å². The number of nitrogens with one attached hydrogen (secondary N) is 2. The van der Waals surface area contributed by atoms with Gasteiger partial charge in [0.2, 0.25) is 0 Å². The second-order valence-corrected chi connectivity index (χ2v) is 5.23. The van der Waals surface area contributed by atoms with E-state index < -0.39 is 0 Å². The highest BCUT2D eigenvalue weighted by molar-refractivity contribution is 5.74. The van der Waals surface area contributed by atoms with Crippen LogP contribution in [0.2, 0.25) is 0 Å². The number of nitrogens with zero attached hydrogens (tertiary/aromatic N) is 3. The van der Waals surface area contributed by atoms with E-state index in [4.69, 9.17) is 5.11 Å². The lowest BCUT2D eigenvalue weighted by molar-refractivity contribution is 0.218.